The van der Waals surface area contributed by atoms with E-state index in [4.69, 9.17) is 0 Å². The molecule has 134 valence electrons. The van der Waals surface area contributed by atoms with Gasteiger partial charge in [0.05, 0.1) is 6.54 Å². The summed E-state index contributed by atoms with van der Waals surface area (Å²) >= 11 is 0. The molecule has 25 heavy (non-hydrogen) atoms. The molecule has 1 fully saturated rings. The fraction of sp³-hybridized carbons (Fsp3) is 0.471. The lowest BCUT2D eigenvalue weighted by atomic mass is 9.84. The summed E-state index contributed by atoms with van der Waals surface area (Å²) in [6, 6.07) is 2.63. The lowest BCUT2D eigenvalue weighted by Crippen LogP contribution is -2.54. The Balaban J connectivity index is 1.97. The van der Waals surface area contributed by atoms with E-state index < -0.39 is 23.3 Å². The molecule has 1 aliphatic rings. The molecule has 2 aromatic rings. The third-order valence-corrected chi connectivity index (χ3v) is 4.86. The molecule has 6 nitrogen and oxygen atoms in total. The summed E-state index contributed by atoms with van der Waals surface area (Å²) in [5, 5.41) is 15.4. The number of hydrogen-bond acceptors (Lipinski definition) is 5. The summed E-state index contributed by atoms with van der Waals surface area (Å²) in [7, 11) is 0. The number of piperidine rings is 1. The standard InChI is InChI=1S/C17H20F2N4O2/c1-12(22-6-4-14(24)5-7-22)17(25,9-23-11-20-10-21-23)15-3-2-13(18)8-16(15)19/h2-3,8,10-12,25H,4-7,9H2,1H3/t12-,17?/m1/s1. The molecule has 1 aromatic carbocycles. The Morgan fingerprint density at radius 3 is 2.64 bits per heavy atom. The zero-order chi connectivity index (χ0) is 18.0. The number of rotatable bonds is 5. The number of aromatic nitrogens is 3. The number of carbonyl (C=O) groups is 1. The van der Waals surface area contributed by atoms with E-state index in [9.17, 15) is 18.7 Å². The first-order valence-electron chi connectivity index (χ1n) is 8.16. The highest BCUT2D eigenvalue weighted by Gasteiger charge is 2.42. The van der Waals surface area contributed by atoms with Crippen LogP contribution < -0.4 is 0 Å². The smallest absolute Gasteiger partial charge is 0.137 e. The molecule has 1 aliphatic heterocycles. The second-order valence-electron chi connectivity index (χ2n) is 6.39. The first-order valence-corrected chi connectivity index (χ1v) is 8.16. The van der Waals surface area contributed by atoms with Crippen molar-refractivity contribution in [1.82, 2.24) is 19.7 Å². The van der Waals surface area contributed by atoms with Crippen LogP contribution >= 0.6 is 0 Å². The van der Waals surface area contributed by atoms with Crippen LogP contribution in [0.1, 0.15) is 25.3 Å². The zero-order valence-electron chi connectivity index (χ0n) is 13.9. The molecular weight excluding hydrogens is 330 g/mol. The predicted molar refractivity (Wildman–Crippen MR) is 85.6 cm³/mol. The summed E-state index contributed by atoms with van der Waals surface area (Å²) in [6.07, 6.45) is 3.55. The fourth-order valence-electron chi connectivity index (χ4n) is 3.31. The zero-order valence-corrected chi connectivity index (χ0v) is 13.9. The molecular formula is C17H20F2N4O2. The number of ketones is 1. The van der Waals surface area contributed by atoms with E-state index >= 15 is 0 Å². The van der Waals surface area contributed by atoms with Gasteiger partial charge in [-0.25, -0.2) is 18.4 Å². The van der Waals surface area contributed by atoms with Crippen molar-refractivity contribution in [2.24, 2.45) is 0 Å². The van der Waals surface area contributed by atoms with Crippen LogP contribution in [-0.4, -0.2) is 49.7 Å². The molecule has 2 atom stereocenters. The molecule has 1 aromatic heterocycles. The number of nitrogens with zero attached hydrogens (tertiary/aromatic N) is 4. The summed E-state index contributed by atoms with van der Waals surface area (Å²) in [5.41, 5.74) is -1.67. The van der Waals surface area contributed by atoms with Gasteiger partial charge in [-0.2, -0.15) is 5.10 Å². The monoisotopic (exact) mass is 350 g/mol. The number of Topliss-reactive ketones (excluding diaryl/α,β-unsaturated/α-hetero) is 1. The average Bonchev–Trinajstić information content (AvgIpc) is 3.07. The molecule has 1 saturated heterocycles. The number of carbonyl (C=O) groups excluding carboxylic acids is 1. The summed E-state index contributed by atoms with van der Waals surface area (Å²) in [5.74, 6) is -1.35. The topological polar surface area (TPSA) is 71.2 Å². The second kappa shape index (κ2) is 6.97. The Labute approximate surface area is 144 Å². The van der Waals surface area contributed by atoms with Crippen LogP contribution in [0.15, 0.2) is 30.9 Å². The van der Waals surface area contributed by atoms with Gasteiger partial charge in [0.15, 0.2) is 0 Å². The van der Waals surface area contributed by atoms with Gasteiger partial charge < -0.3 is 5.11 Å². The van der Waals surface area contributed by atoms with Gasteiger partial charge in [-0.15, -0.1) is 0 Å². The van der Waals surface area contributed by atoms with Crippen molar-refractivity contribution in [3.8, 4) is 0 Å². The van der Waals surface area contributed by atoms with Crippen molar-refractivity contribution in [2.75, 3.05) is 13.1 Å². The number of likely N-dealkylation sites (tertiary alicyclic amines) is 1. The van der Waals surface area contributed by atoms with Gasteiger partial charge in [-0.1, -0.05) is 6.07 Å². The van der Waals surface area contributed by atoms with Crippen LogP contribution in [0.5, 0.6) is 0 Å². The van der Waals surface area contributed by atoms with Gasteiger partial charge in [-0.3, -0.25) is 9.69 Å². The molecule has 8 heteroatoms. The highest BCUT2D eigenvalue weighted by atomic mass is 19.1. The van der Waals surface area contributed by atoms with Crippen LogP contribution in [0.3, 0.4) is 0 Å². The van der Waals surface area contributed by atoms with Gasteiger partial charge in [-0.05, 0) is 13.0 Å². The predicted octanol–water partition coefficient (Wildman–Crippen LogP) is 1.50. The van der Waals surface area contributed by atoms with Crippen LogP contribution in [0.4, 0.5) is 8.78 Å². The number of hydrogen-bond donors (Lipinski definition) is 1. The fourth-order valence-corrected chi connectivity index (χ4v) is 3.31. The Morgan fingerprint density at radius 1 is 1.32 bits per heavy atom. The van der Waals surface area contributed by atoms with Gasteiger partial charge in [0.2, 0.25) is 0 Å². The van der Waals surface area contributed by atoms with Crippen LogP contribution in [0, 0.1) is 11.6 Å². The Morgan fingerprint density at radius 2 is 2.04 bits per heavy atom. The maximum Gasteiger partial charge on any atom is 0.137 e. The van der Waals surface area contributed by atoms with E-state index in [1.165, 1.54) is 23.4 Å². The molecule has 0 bridgehead atoms. The van der Waals surface area contributed by atoms with Crippen molar-refractivity contribution in [3.63, 3.8) is 0 Å². The normalized spacial score (nSPS) is 19.6. The van der Waals surface area contributed by atoms with E-state index in [0.717, 1.165) is 12.1 Å². The lowest BCUT2D eigenvalue weighted by Gasteiger charge is -2.42. The third-order valence-electron chi connectivity index (χ3n) is 4.86. The largest absolute Gasteiger partial charge is 0.381 e. The molecule has 3 rings (SSSR count). The Bertz CT molecular complexity index is 743. The number of aliphatic hydroxyl groups is 1. The minimum atomic E-state index is -1.66. The number of benzene rings is 1. The van der Waals surface area contributed by atoms with Gasteiger partial charge in [0.1, 0.15) is 35.7 Å². The van der Waals surface area contributed by atoms with Crippen LogP contribution in [0.25, 0.3) is 0 Å². The lowest BCUT2D eigenvalue weighted by molar-refractivity contribution is -0.124. The molecule has 0 spiro atoms. The highest BCUT2D eigenvalue weighted by molar-refractivity contribution is 5.79. The minimum Gasteiger partial charge on any atom is -0.381 e. The van der Waals surface area contributed by atoms with Crippen molar-refractivity contribution in [1.29, 1.82) is 0 Å². The van der Waals surface area contributed by atoms with E-state index in [1.54, 1.807) is 6.92 Å². The molecule has 0 amide bonds. The molecule has 1 N–H and O–H groups in total. The first kappa shape index (κ1) is 17.6. The van der Waals surface area contributed by atoms with E-state index in [1.807, 2.05) is 4.90 Å². The van der Waals surface area contributed by atoms with Crippen molar-refractivity contribution >= 4 is 5.78 Å². The molecule has 0 radical (unpaired) electrons. The highest BCUT2D eigenvalue weighted by Crippen LogP contribution is 2.33. The van der Waals surface area contributed by atoms with Gasteiger partial charge >= 0.3 is 0 Å². The summed E-state index contributed by atoms with van der Waals surface area (Å²) < 4.78 is 29.2. The SMILES string of the molecule is C[C@@H](N1CCC(=O)CC1)C(O)(Cn1cncn1)c1ccc(F)cc1F. The quantitative estimate of drug-likeness (QED) is 0.885. The van der Waals surface area contributed by atoms with Crippen LogP contribution in [-0.2, 0) is 16.9 Å². The molecule has 0 aliphatic carbocycles. The van der Waals surface area contributed by atoms with Gasteiger partial charge in [0, 0.05) is 43.6 Å². The minimum absolute atomic E-state index is 0.00574. The summed E-state index contributed by atoms with van der Waals surface area (Å²) in [6.45, 7) is 2.71. The van der Waals surface area contributed by atoms with Crippen molar-refractivity contribution in [3.05, 3.63) is 48.1 Å². The second-order valence-corrected chi connectivity index (χ2v) is 6.39. The van der Waals surface area contributed by atoms with Crippen molar-refractivity contribution < 1.29 is 18.7 Å². The molecule has 1 unspecified atom stereocenters. The average molecular weight is 350 g/mol. The summed E-state index contributed by atoms with van der Waals surface area (Å²) in [4.78, 5) is 17.3. The van der Waals surface area contributed by atoms with E-state index in [0.29, 0.717) is 25.9 Å². The maximum atomic E-state index is 14.4. The van der Waals surface area contributed by atoms with Gasteiger partial charge in [0.25, 0.3) is 0 Å². The Kier molecular flexibility index (Phi) is 4.91. The number of halogens is 2. The third kappa shape index (κ3) is 3.59. The molecule has 2 heterocycles. The van der Waals surface area contributed by atoms with Crippen LogP contribution in [0.2, 0.25) is 0 Å². The first-order chi connectivity index (χ1) is 11.9. The molecule has 0 saturated carbocycles. The van der Waals surface area contributed by atoms with E-state index in [2.05, 4.69) is 10.1 Å². The van der Waals surface area contributed by atoms with Crippen molar-refractivity contribution in [2.45, 2.75) is 38.0 Å². The van der Waals surface area contributed by atoms with E-state index in [-0.39, 0.29) is 17.9 Å². The Hall–Kier alpha value is -2.19. The maximum absolute atomic E-state index is 14.4.